The fourth-order valence-corrected chi connectivity index (χ4v) is 1.79. The molecule has 2 rings (SSSR count). The Morgan fingerprint density at radius 3 is 2.68 bits per heavy atom. The van der Waals surface area contributed by atoms with Crippen molar-refractivity contribution >= 4 is 11.9 Å². The Bertz CT molecular complexity index is 522. The van der Waals surface area contributed by atoms with E-state index >= 15 is 0 Å². The predicted octanol–water partition coefficient (Wildman–Crippen LogP) is 1.56. The van der Waals surface area contributed by atoms with E-state index in [1.165, 1.54) is 0 Å². The summed E-state index contributed by atoms with van der Waals surface area (Å²) in [6.45, 7) is 4.35. The third kappa shape index (κ3) is 2.93. The van der Waals surface area contributed by atoms with Gasteiger partial charge in [-0.25, -0.2) is 0 Å². The zero-order valence-corrected chi connectivity index (χ0v) is 11.0. The van der Waals surface area contributed by atoms with Gasteiger partial charge in [0.05, 0.1) is 18.6 Å². The van der Waals surface area contributed by atoms with Crippen LogP contribution in [0.4, 0.5) is 0 Å². The van der Waals surface area contributed by atoms with Crippen molar-refractivity contribution in [3.63, 3.8) is 0 Å². The van der Waals surface area contributed by atoms with Gasteiger partial charge in [-0.15, -0.1) is 0 Å². The highest BCUT2D eigenvalue weighted by molar-refractivity contribution is 5.94. The summed E-state index contributed by atoms with van der Waals surface area (Å²) in [7, 11) is 0. The van der Waals surface area contributed by atoms with E-state index in [9.17, 15) is 9.59 Å². The van der Waals surface area contributed by atoms with Crippen LogP contribution < -0.4 is 5.32 Å². The topological polar surface area (TPSA) is 75.6 Å². The second kappa shape index (κ2) is 5.01. The minimum absolute atomic E-state index is 0.0920. The third-order valence-corrected chi connectivity index (χ3v) is 3.25. The average Bonchev–Trinajstić information content (AvgIpc) is 2.82. The molecule has 0 aliphatic carbocycles. The lowest BCUT2D eigenvalue weighted by Crippen LogP contribution is -2.38. The monoisotopic (exact) mass is 263 g/mol. The number of carboxylic acid groups (broad SMARTS) is 1. The molecule has 0 saturated carbocycles. The summed E-state index contributed by atoms with van der Waals surface area (Å²) in [6.07, 6.45) is 0. The summed E-state index contributed by atoms with van der Waals surface area (Å²) in [5, 5.41) is 11.6. The first-order valence-electron chi connectivity index (χ1n) is 6.11. The zero-order valence-electron chi connectivity index (χ0n) is 11.0. The van der Waals surface area contributed by atoms with Crippen molar-refractivity contribution in [2.45, 2.75) is 27.1 Å². The average molecular weight is 263 g/mol. The van der Waals surface area contributed by atoms with Crippen molar-refractivity contribution in [3.8, 4) is 0 Å². The van der Waals surface area contributed by atoms with E-state index in [0.717, 1.165) is 11.1 Å². The molecule has 2 N–H and O–H groups in total. The van der Waals surface area contributed by atoms with Gasteiger partial charge in [0.2, 0.25) is 0 Å². The molecule has 0 unspecified atom stereocenters. The molecule has 0 atom stereocenters. The van der Waals surface area contributed by atoms with Crippen molar-refractivity contribution in [3.05, 3.63) is 34.9 Å². The van der Waals surface area contributed by atoms with Crippen molar-refractivity contribution in [1.82, 2.24) is 5.32 Å². The molecule has 0 spiro atoms. The van der Waals surface area contributed by atoms with Crippen LogP contribution in [0.1, 0.15) is 35.3 Å². The fraction of sp³-hybridized carbons (Fsp3) is 0.429. The summed E-state index contributed by atoms with van der Waals surface area (Å²) < 4.78 is 5.29. The summed E-state index contributed by atoms with van der Waals surface area (Å²) >= 11 is 0. The molecule has 0 bridgehead atoms. The molecule has 1 amide bonds. The molecule has 102 valence electrons. The van der Waals surface area contributed by atoms with Crippen LogP contribution in [0.2, 0.25) is 0 Å². The van der Waals surface area contributed by atoms with Crippen molar-refractivity contribution in [2.24, 2.45) is 5.41 Å². The highest BCUT2D eigenvalue weighted by atomic mass is 16.5. The van der Waals surface area contributed by atoms with Gasteiger partial charge in [-0.1, -0.05) is 6.07 Å². The van der Waals surface area contributed by atoms with Crippen LogP contribution in [0, 0.1) is 5.41 Å². The number of carbonyl (C=O) groups excluding carboxylic acids is 1. The molecule has 1 heterocycles. The third-order valence-electron chi connectivity index (χ3n) is 3.25. The van der Waals surface area contributed by atoms with Gasteiger partial charge in [-0.3, -0.25) is 9.59 Å². The van der Waals surface area contributed by atoms with Crippen LogP contribution in [0.5, 0.6) is 0 Å². The van der Waals surface area contributed by atoms with E-state index in [1.54, 1.807) is 26.0 Å². The molecule has 19 heavy (non-hydrogen) atoms. The highest BCUT2D eigenvalue weighted by Crippen LogP contribution is 2.21. The number of amides is 1. The molecule has 5 heteroatoms. The lowest BCUT2D eigenvalue weighted by Gasteiger charge is -2.19. The lowest BCUT2D eigenvalue weighted by atomic mass is 9.94. The zero-order chi connectivity index (χ0) is 14.0. The quantitative estimate of drug-likeness (QED) is 0.864. The first kappa shape index (κ1) is 13.5. The highest BCUT2D eigenvalue weighted by Gasteiger charge is 2.27. The van der Waals surface area contributed by atoms with Gasteiger partial charge in [-0.05, 0) is 37.1 Å². The molecule has 1 aromatic carbocycles. The SMILES string of the molecule is CC(C)(CNC(=O)c1ccc2c(c1)COC2)C(=O)O. The molecular formula is C14H17NO4. The number of hydrogen-bond acceptors (Lipinski definition) is 3. The number of aliphatic carboxylic acids is 1. The number of carboxylic acids is 1. The van der Waals surface area contributed by atoms with Crippen LogP contribution in [-0.2, 0) is 22.7 Å². The summed E-state index contributed by atoms with van der Waals surface area (Å²) in [5.41, 5.74) is 1.67. The Hall–Kier alpha value is -1.88. The largest absolute Gasteiger partial charge is 0.481 e. The molecule has 0 aromatic heterocycles. The minimum Gasteiger partial charge on any atom is -0.481 e. The minimum atomic E-state index is -0.977. The summed E-state index contributed by atoms with van der Waals surface area (Å²) in [5.74, 6) is -1.20. The van der Waals surface area contributed by atoms with Gasteiger partial charge < -0.3 is 15.2 Å². The molecule has 0 fully saturated rings. The van der Waals surface area contributed by atoms with E-state index in [2.05, 4.69) is 5.32 Å². The van der Waals surface area contributed by atoms with Crippen molar-refractivity contribution < 1.29 is 19.4 Å². The molecule has 0 radical (unpaired) electrons. The van der Waals surface area contributed by atoms with Crippen LogP contribution in [0.15, 0.2) is 18.2 Å². The standard InChI is InChI=1S/C14H17NO4/c1-14(2,13(17)18)8-15-12(16)9-3-4-10-6-19-7-11(10)5-9/h3-5H,6-8H2,1-2H3,(H,15,16)(H,17,18). The van der Waals surface area contributed by atoms with Gasteiger partial charge in [0.1, 0.15) is 0 Å². The van der Waals surface area contributed by atoms with Gasteiger partial charge in [0, 0.05) is 12.1 Å². The molecule has 0 saturated heterocycles. The smallest absolute Gasteiger partial charge is 0.310 e. The number of benzene rings is 1. The molecular weight excluding hydrogens is 246 g/mol. The number of fused-ring (bicyclic) bond motifs is 1. The van der Waals surface area contributed by atoms with E-state index in [1.807, 2.05) is 6.07 Å². The fourth-order valence-electron chi connectivity index (χ4n) is 1.79. The first-order valence-corrected chi connectivity index (χ1v) is 6.11. The molecule has 1 aliphatic rings. The maximum atomic E-state index is 12.0. The number of ether oxygens (including phenoxy) is 1. The Kier molecular flexibility index (Phi) is 3.57. The van der Waals surface area contributed by atoms with E-state index < -0.39 is 11.4 Å². The first-order chi connectivity index (χ1) is 8.90. The van der Waals surface area contributed by atoms with Crippen molar-refractivity contribution in [1.29, 1.82) is 0 Å². The number of rotatable bonds is 4. The van der Waals surface area contributed by atoms with Gasteiger partial charge >= 0.3 is 5.97 Å². The lowest BCUT2D eigenvalue weighted by molar-refractivity contribution is -0.146. The van der Waals surface area contributed by atoms with E-state index in [4.69, 9.17) is 9.84 Å². The normalized spacial score (nSPS) is 14.0. The Labute approximate surface area is 111 Å². The van der Waals surface area contributed by atoms with Crippen LogP contribution >= 0.6 is 0 Å². The summed E-state index contributed by atoms with van der Waals surface area (Å²) in [6, 6.07) is 5.40. The maximum Gasteiger partial charge on any atom is 0.310 e. The number of hydrogen-bond donors (Lipinski definition) is 2. The predicted molar refractivity (Wildman–Crippen MR) is 68.7 cm³/mol. The van der Waals surface area contributed by atoms with Crippen LogP contribution in [0.25, 0.3) is 0 Å². The van der Waals surface area contributed by atoms with Gasteiger partial charge in [-0.2, -0.15) is 0 Å². The molecule has 1 aliphatic heterocycles. The van der Waals surface area contributed by atoms with Gasteiger partial charge in [0.15, 0.2) is 0 Å². The second-order valence-corrected chi connectivity index (χ2v) is 5.35. The Morgan fingerprint density at radius 2 is 2.00 bits per heavy atom. The number of nitrogens with one attached hydrogen (secondary N) is 1. The van der Waals surface area contributed by atoms with E-state index in [-0.39, 0.29) is 12.5 Å². The Balaban J connectivity index is 2.03. The molecule has 1 aromatic rings. The van der Waals surface area contributed by atoms with Crippen LogP contribution in [0.3, 0.4) is 0 Å². The number of carbonyl (C=O) groups is 2. The van der Waals surface area contributed by atoms with Gasteiger partial charge in [0.25, 0.3) is 5.91 Å². The van der Waals surface area contributed by atoms with E-state index in [0.29, 0.717) is 18.8 Å². The summed E-state index contributed by atoms with van der Waals surface area (Å²) in [4.78, 5) is 22.9. The van der Waals surface area contributed by atoms with Crippen LogP contribution in [-0.4, -0.2) is 23.5 Å². The molecule has 5 nitrogen and oxygen atoms in total. The maximum absolute atomic E-state index is 12.0. The Morgan fingerprint density at radius 1 is 1.32 bits per heavy atom. The second-order valence-electron chi connectivity index (χ2n) is 5.35. The van der Waals surface area contributed by atoms with Crippen molar-refractivity contribution in [2.75, 3.05) is 6.54 Å².